The molecule has 0 aliphatic carbocycles. The smallest absolute Gasteiger partial charge is 0.0795 e. The number of hydrogen-bond donors (Lipinski definition) is 1. The molecule has 1 rings (SSSR count). The molecule has 0 radical (unpaired) electrons. The minimum atomic E-state index is -0.403. The first kappa shape index (κ1) is 9.26. The summed E-state index contributed by atoms with van der Waals surface area (Å²) in [6, 6.07) is 0. The van der Waals surface area contributed by atoms with Gasteiger partial charge in [0.1, 0.15) is 0 Å². The zero-order valence-corrected chi connectivity index (χ0v) is 7.91. The van der Waals surface area contributed by atoms with Gasteiger partial charge < -0.3 is 5.11 Å². The first-order valence-corrected chi connectivity index (χ1v) is 4.43. The van der Waals surface area contributed by atoms with E-state index in [4.69, 9.17) is 0 Å². The van der Waals surface area contributed by atoms with Crippen LogP contribution in [0.15, 0.2) is 6.20 Å². The Balaban J connectivity index is 3.05. The molecule has 1 aromatic rings. The number of aliphatic hydroxyl groups excluding tert-OH is 1. The van der Waals surface area contributed by atoms with Crippen LogP contribution in [0, 0.1) is 0 Å². The van der Waals surface area contributed by atoms with Gasteiger partial charge in [-0.25, -0.2) is 0 Å². The van der Waals surface area contributed by atoms with Gasteiger partial charge in [0.05, 0.1) is 12.3 Å². The van der Waals surface area contributed by atoms with Gasteiger partial charge in [-0.1, -0.05) is 6.92 Å². The van der Waals surface area contributed by atoms with Gasteiger partial charge in [0, 0.05) is 17.8 Å². The second kappa shape index (κ2) is 3.72. The molecule has 0 spiro atoms. The van der Waals surface area contributed by atoms with Crippen molar-refractivity contribution in [2.45, 2.75) is 39.8 Å². The fraction of sp³-hybridized carbons (Fsp3) is 0.667. The molecule has 0 amide bonds. The Labute approximate surface area is 73.0 Å². The van der Waals surface area contributed by atoms with Crippen LogP contribution in [-0.4, -0.2) is 14.9 Å². The summed E-state index contributed by atoms with van der Waals surface area (Å²) in [6.07, 6.45) is 2.28. The zero-order chi connectivity index (χ0) is 9.14. The summed E-state index contributed by atoms with van der Waals surface area (Å²) < 4.78 is 1.93. The Bertz CT molecular complexity index is 253. The first-order chi connectivity index (χ1) is 5.70. The molecule has 3 nitrogen and oxygen atoms in total. The highest BCUT2D eigenvalue weighted by molar-refractivity contribution is 5.19. The molecule has 0 aliphatic rings. The van der Waals surface area contributed by atoms with Crippen molar-refractivity contribution in [3.05, 3.63) is 17.5 Å². The van der Waals surface area contributed by atoms with Crippen LogP contribution in [0.5, 0.6) is 0 Å². The molecule has 1 unspecified atom stereocenters. The number of rotatable bonds is 3. The number of nitrogens with zero attached hydrogens (tertiary/aromatic N) is 2. The number of aliphatic hydroxyl groups is 1. The van der Waals surface area contributed by atoms with Crippen LogP contribution in [0.1, 0.15) is 38.1 Å². The van der Waals surface area contributed by atoms with E-state index in [1.165, 1.54) is 0 Å². The van der Waals surface area contributed by atoms with Gasteiger partial charge in [0.2, 0.25) is 0 Å². The molecule has 68 valence electrons. The monoisotopic (exact) mass is 168 g/mol. The molecule has 12 heavy (non-hydrogen) atoms. The Morgan fingerprint density at radius 3 is 2.67 bits per heavy atom. The summed E-state index contributed by atoms with van der Waals surface area (Å²) in [6.45, 7) is 6.78. The van der Waals surface area contributed by atoms with Crippen molar-refractivity contribution in [3.63, 3.8) is 0 Å². The third-order valence-electron chi connectivity index (χ3n) is 2.07. The number of hydrogen-bond acceptors (Lipinski definition) is 2. The predicted molar refractivity (Wildman–Crippen MR) is 47.9 cm³/mol. The SMILES string of the molecule is CCc1c(C(C)O)cnn1CC. The molecule has 1 heterocycles. The van der Waals surface area contributed by atoms with E-state index in [0.717, 1.165) is 24.2 Å². The van der Waals surface area contributed by atoms with Crippen LogP contribution in [0.3, 0.4) is 0 Å². The van der Waals surface area contributed by atoms with Crippen LogP contribution >= 0.6 is 0 Å². The van der Waals surface area contributed by atoms with Crippen LogP contribution in [0.4, 0.5) is 0 Å². The van der Waals surface area contributed by atoms with Crippen molar-refractivity contribution >= 4 is 0 Å². The maximum Gasteiger partial charge on any atom is 0.0795 e. The summed E-state index contributed by atoms with van der Waals surface area (Å²) >= 11 is 0. The van der Waals surface area contributed by atoms with E-state index in [1.807, 2.05) is 4.68 Å². The predicted octanol–water partition coefficient (Wildman–Crippen LogP) is 1.52. The van der Waals surface area contributed by atoms with Crippen LogP contribution in [0.2, 0.25) is 0 Å². The van der Waals surface area contributed by atoms with Crippen LogP contribution < -0.4 is 0 Å². The lowest BCUT2D eigenvalue weighted by molar-refractivity contribution is 0.198. The van der Waals surface area contributed by atoms with Crippen molar-refractivity contribution in [3.8, 4) is 0 Å². The molecule has 0 aliphatic heterocycles. The molecule has 0 fully saturated rings. The third kappa shape index (κ3) is 1.50. The highest BCUT2D eigenvalue weighted by atomic mass is 16.3. The number of aromatic nitrogens is 2. The zero-order valence-electron chi connectivity index (χ0n) is 7.91. The summed E-state index contributed by atoms with van der Waals surface area (Å²) in [4.78, 5) is 0. The van der Waals surface area contributed by atoms with Crippen molar-refractivity contribution in [1.29, 1.82) is 0 Å². The average molecular weight is 168 g/mol. The minimum Gasteiger partial charge on any atom is -0.389 e. The largest absolute Gasteiger partial charge is 0.389 e. The lowest BCUT2D eigenvalue weighted by atomic mass is 10.1. The normalized spacial score (nSPS) is 13.3. The molecule has 3 heteroatoms. The van der Waals surface area contributed by atoms with E-state index in [1.54, 1.807) is 13.1 Å². The van der Waals surface area contributed by atoms with E-state index in [0.29, 0.717) is 0 Å². The van der Waals surface area contributed by atoms with Crippen LogP contribution in [0.25, 0.3) is 0 Å². The van der Waals surface area contributed by atoms with E-state index in [-0.39, 0.29) is 0 Å². The van der Waals surface area contributed by atoms with Gasteiger partial charge in [0.25, 0.3) is 0 Å². The highest BCUT2D eigenvalue weighted by Gasteiger charge is 2.11. The minimum absolute atomic E-state index is 0.403. The Morgan fingerprint density at radius 1 is 1.58 bits per heavy atom. The molecular weight excluding hydrogens is 152 g/mol. The van der Waals surface area contributed by atoms with Crippen molar-refractivity contribution in [1.82, 2.24) is 9.78 Å². The summed E-state index contributed by atoms with van der Waals surface area (Å²) in [7, 11) is 0. The lowest BCUT2D eigenvalue weighted by Gasteiger charge is -2.06. The van der Waals surface area contributed by atoms with Crippen LogP contribution in [-0.2, 0) is 13.0 Å². The van der Waals surface area contributed by atoms with Crippen molar-refractivity contribution in [2.24, 2.45) is 0 Å². The summed E-state index contributed by atoms with van der Waals surface area (Å²) in [5.41, 5.74) is 2.10. The molecule has 0 saturated heterocycles. The molecule has 0 bridgehead atoms. The van der Waals surface area contributed by atoms with Gasteiger partial charge in [0.15, 0.2) is 0 Å². The molecule has 1 aromatic heterocycles. The summed E-state index contributed by atoms with van der Waals surface area (Å²) in [5, 5.41) is 13.6. The van der Waals surface area contributed by atoms with E-state index >= 15 is 0 Å². The van der Waals surface area contributed by atoms with Gasteiger partial charge in [-0.2, -0.15) is 5.10 Å². The second-order valence-electron chi connectivity index (χ2n) is 2.89. The maximum atomic E-state index is 9.39. The molecule has 0 aromatic carbocycles. The lowest BCUT2D eigenvalue weighted by Crippen LogP contribution is -2.04. The molecule has 0 saturated carbocycles. The van der Waals surface area contributed by atoms with E-state index < -0.39 is 6.10 Å². The van der Waals surface area contributed by atoms with Gasteiger partial charge in [-0.3, -0.25) is 4.68 Å². The van der Waals surface area contributed by atoms with E-state index in [2.05, 4.69) is 18.9 Å². The Kier molecular flexibility index (Phi) is 2.87. The fourth-order valence-corrected chi connectivity index (χ4v) is 1.43. The topological polar surface area (TPSA) is 38.1 Å². The molecule has 1 N–H and O–H groups in total. The van der Waals surface area contributed by atoms with Crippen molar-refractivity contribution in [2.75, 3.05) is 0 Å². The van der Waals surface area contributed by atoms with Gasteiger partial charge >= 0.3 is 0 Å². The third-order valence-corrected chi connectivity index (χ3v) is 2.07. The first-order valence-electron chi connectivity index (χ1n) is 4.43. The Hall–Kier alpha value is -0.830. The quantitative estimate of drug-likeness (QED) is 0.743. The fourth-order valence-electron chi connectivity index (χ4n) is 1.43. The Morgan fingerprint density at radius 2 is 2.25 bits per heavy atom. The highest BCUT2D eigenvalue weighted by Crippen LogP contribution is 2.17. The van der Waals surface area contributed by atoms with Gasteiger partial charge in [-0.15, -0.1) is 0 Å². The standard InChI is InChI=1S/C9H16N2O/c1-4-9-8(7(3)12)6-10-11(9)5-2/h6-7,12H,4-5H2,1-3H3. The number of aryl methyl sites for hydroxylation is 1. The van der Waals surface area contributed by atoms with Crippen molar-refractivity contribution < 1.29 is 5.11 Å². The van der Waals surface area contributed by atoms with E-state index in [9.17, 15) is 5.11 Å². The second-order valence-corrected chi connectivity index (χ2v) is 2.89. The van der Waals surface area contributed by atoms with Gasteiger partial charge in [-0.05, 0) is 20.3 Å². The molecular formula is C9H16N2O. The average Bonchev–Trinajstić information content (AvgIpc) is 2.46. The maximum absolute atomic E-state index is 9.39. The summed E-state index contributed by atoms with van der Waals surface area (Å²) in [5.74, 6) is 0. The molecule has 1 atom stereocenters.